The molecule has 1 aliphatic carbocycles. The molecule has 2 rings (SSSR count). The molecule has 1 saturated carbocycles. The van der Waals surface area contributed by atoms with Gasteiger partial charge in [-0.25, -0.2) is 0 Å². The van der Waals surface area contributed by atoms with E-state index in [9.17, 15) is 9.59 Å². The van der Waals surface area contributed by atoms with Crippen LogP contribution in [0.1, 0.15) is 65.7 Å². The molecule has 20 heavy (non-hydrogen) atoms. The van der Waals surface area contributed by atoms with Crippen molar-refractivity contribution in [3.63, 3.8) is 0 Å². The first-order chi connectivity index (χ1) is 9.60. The molecule has 2 amide bonds. The van der Waals surface area contributed by atoms with Gasteiger partial charge in [-0.2, -0.15) is 0 Å². The Hall–Kier alpha value is -1.06. The second-order valence-corrected chi connectivity index (χ2v) is 6.28. The minimum atomic E-state index is -0.323. The summed E-state index contributed by atoms with van der Waals surface area (Å²) in [5.41, 5.74) is 0. The highest BCUT2D eigenvalue weighted by Crippen LogP contribution is 2.31. The fraction of sp³-hybridized carbons (Fsp3) is 0.875. The van der Waals surface area contributed by atoms with E-state index in [4.69, 9.17) is 0 Å². The predicted octanol–water partition coefficient (Wildman–Crippen LogP) is 2.47. The molecule has 1 N–H and O–H groups in total. The van der Waals surface area contributed by atoms with Gasteiger partial charge in [0.05, 0.1) is 0 Å². The molecular formula is C16H28N2O2. The van der Waals surface area contributed by atoms with Gasteiger partial charge >= 0.3 is 0 Å². The quantitative estimate of drug-likeness (QED) is 0.860. The largest absolute Gasteiger partial charge is 0.343 e. The molecule has 0 radical (unpaired) electrons. The fourth-order valence-electron chi connectivity index (χ4n) is 3.78. The van der Waals surface area contributed by atoms with Crippen LogP contribution in [0.5, 0.6) is 0 Å². The zero-order valence-electron chi connectivity index (χ0n) is 13.0. The minimum absolute atomic E-state index is 0.0293. The third kappa shape index (κ3) is 2.84. The number of nitrogens with zero attached hydrogens (tertiary/aromatic N) is 1. The number of amides is 2. The summed E-state index contributed by atoms with van der Waals surface area (Å²) in [5, 5.41) is 2.87. The highest BCUT2D eigenvalue weighted by atomic mass is 16.2. The summed E-state index contributed by atoms with van der Waals surface area (Å²) in [6.45, 7) is 6.09. The second kappa shape index (κ2) is 6.59. The van der Waals surface area contributed by atoms with Crippen molar-refractivity contribution in [1.29, 1.82) is 0 Å². The van der Waals surface area contributed by atoms with Crippen LogP contribution in [0.2, 0.25) is 0 Å². The van der Waals surface area contributed by atoms with E-state index in [1.807, 2.05) is 18.7 Å². The maximum atomic E-state index is 12.7. The van der Waals surface area contributed by atoms with Crippen LogP contribution in [0.3, 0.4) is 0 Å². The summed E-state index contributed by atoms with van der Waals surface area (Å²) in [6.07, 6.45) is 7.60. The first-order valence-corrected chi connectivity index (χ1v) is 8.22. The minimum Gasteiger partial charge on any atom is -0.343 e. The van der Waals surface area contributed by atoms with E-state index in [0.717, 1.165) is 0 Å². The maximum Gasteiger partial charge on any atom is 0.246 e. The third-order valence-electron chi connectivity index (χ3n) is 5.07. The molecule has 0 aromatic heterocycles. The average molecular weight is 280 g/mol. The van der Waals surface area contributed by atoms with Crippen LogP contribution < -0.4 is 5.32 Å². The molecule has 114 valence electrons. The topological polar surface area (TPSA) is 49.4 Å². The average Bonchev–Trinajstić information content (AvgIpc) is 2.48. The molecule has 1 saturated heterocycles. The van der Waals surface area contributed by atoms with Crippen LogP contribution in [0.4, 0.5) is 0 Å². The molecule has 0 aromatic carbocycles. The lowest BCUT2D eigenvalue weighted by atomic mass is 9.82. The number of rotatable bonds is 4. The van der Waals surface area contributed by atoms with Gasteiger partial charge in [-0.05, 0) is 38.5 Å². The lowest BCUT2D eigenvalue weighted by molar-refractivity contribution is -0.153. The van der Waals surface area contributed by atoms with Gasteiger partial charge in [-0.15, -0.1) is 0 Å². The van der Waals surface area contributed by atoms with Gasteiger partial charge in [0.1, 0.15) is 12.1 Å². The monoisotopic (exact) mass is 280 g/mol. The van der Waals surface area contributed by atoms with E-state index in [-0.39, 0.29) is 29.9 Å². The number of nitrogens with one attached hydrogen (secondary N) is 1. The Bertz CT molecular complexity index is 363. The van der Waals surface area contributed by atoms with E-state index in [1.54, 1.807) is 0 Å². The van der Waals surface area contributed by atoms with E-state index in [1.165, 1.54) is 32.1 Å². The Morgan fingerprint density at radius 2 is 1.80 bits per heavy atom. The van der Waals surface area contributed by atoms with E-state index < -0.39 is 0 Å². The van der Waals surface area contributed by atoms with Crippen molar-refractivity contribution >= 4 is 11.8 Å². The Labute approximate surface area is 122 Å². The lowest BCUT2D eigenvalue weighted by Crippen LogP contribution is -2.66. The molecule has 4 heteroatoms. The summed E-state index contributed by atoms with van der Waals surface area (Å²) in [7, 11) is 0. The number of carbonyl (C=O) groups is 2. The maximum absolute atomic E-state index is 12.7. The summed E-state index contributed by atoms with van der Waals surface area (Å²) < 4.78 is 0. The van der Waals surface area contributed by atoms with E-state index in [2.05, 4.69) is 12.2 Å². The molecule has 3 atom stereocenters. The summed E-state index contributed by atoms with van der Waals surface area (Å²) in [6, 6.07) is -0.411. The van der Waals surface area contributed by atoms with Crippen LogP contribution in [0.15, 0.2) is 0 Å². The van der Waals surface area contributed by atoms with Crippen molar-refractivity contribution in [3.05, 3.63) is 0 Å². The van der Waals surface area contributed by atoms with E-state index >= 15 is 0 Å². The highest BCUT2D eigenvalue weighted by Gasteiger charge is 2.42. The van der Waals surface area contributed by atoms with Crippen molar-refractivity contribution in [2.75, 3.05) is 0 Å². The molecule has 1 heterocycles. The Balaban J connectivity index is 2.18. The SMILES string of the molecule is CCC1NC(=O)C(CC)N(C(C)C2CCCCC2)C1=O. The van der Waals surface area contributed by atoms with Crippen LogP contribution in [-0.4, -0.2) is 34.8 Å². The van der Waals surface area contributed by atoms with Gasteiger partial charge in [-0.3, -0.25) is 9.59 Å². The van der Waals surface area contributed by atoms with Gasteiger partial charge < -0.3 is 10.2 Å². The van der Waals surface area contributed by atoms with Gasteiger partial charge in [-0.1, -0.05) is 33.1 Å². The van der Waals surface area contributed by atoms with Crippen molar-refractivity contribution in [1.82, 2.24) is 10.2 Å². The molecule has 1 aliphatic heterocycles. The number of hydrogen-bond acceptors (Lipinski definition) is 2. The number of hydrogen-bond donors (Lipinski definition) is 1. The molecular weight excluding hydrogens is 252 g/mol. The molecule has 4 nitrogen and oxygen atoms in total. The predicted molar refractivity (Wildman–Crippen MR) is 79.2 cm³/mol. The highest BCUT2D eigenvalue weighted by molar-refractivity contribution is 5.97. The Morgan fingerprint density at radius 1 is 1.15 bits per heavy atom. The molecule has 0 aromatic rings. The van der Waals surface area contributed by atoms with Crippen molar-refractivity contribution < 1.29 is 9.59 Å². The smallest absolute Gasteiger partial charge is 0.246 e. The van der Waals surface area contributed by atoms with Crippen molar-refractivity contribution in [2.45, 2.75) is 83.8 Å². The van der Waals surface area contributed by atoms with Gasteiger partial charge in [0, 0.05) is 6.04 Å². The van der Waals surface area contributed by atoms with E-state index in [0.29, 0.717) is 18.8 Å². The van der Waals surface area contributed by atoms with Crippen molar-refractivity contribution in [2.24, 2.45) is 5.92 Å². The van der Waals surface area contributed by atoms with Crippen LogP contribution in [0, 0.1) is 5.92 Å². The van der Waals surface area contributed by atoms with Gasteiger partial charge in [0.25, 0.3) is 0 Å². The first kappa shape index (κ1) is 15.3. The molecule has 0 bridgehead atoms. The van der Waals surface area contributed by atoms with Crippen LogP contribution in [-0.2, 0) is 9.59 Å². The number of carbonyl (C=O) groups excluding carboxylic acids is 2. The second-order valence-electron chi connectivity index (χ2n) is 6.28. The Kier molecular flexibility index (Phi) is 5.06. The lowest BCUT2D eigenvalue weighted by Gasteiger charge is -2.45. The van der Waals surface area contributed by atoms with Crippen LogP contribution in [0.25, 0.3) is 0 Å². The Morgan fingerprint density at radius 3 is 2.35 bits per heavy atom. The van der Waals surface area contributed by atoms with Crippen LogP contribution >= 0.6 is 0 Å². The molecule has 0 spiro atoms. The zero-order chi connectivity index (χ0) is 14.7. The molecule has 2 fully saturated rings. The first-order valence-electron chi connectivity index (χ1n) is 8.22. The molecule has 2 aliphatic rings. The normalized spacial score (nSPS) is 30.2. The standard InChI is InChI=1S/C16H28N2O2/c1-4-13-16(20)18(14(5-2)15(19)17-13)11(3)12-9-7-6-8-10-12/h11-14H,4-10H2,1-3H3,(H,17,19). The summed E-state index contributed by atoms with van der Waals surface area (Å²) in [4.78, 5) is 26.8. The zero-order valence-corrected chi connectivity index (χ0v) is 13.0. The number of piperazine rings is 1. The summed E-state index contributed by atoms with van der Waals surface area (Å²) >= 11 is 0. The molecule has 3 unspecified atom stereocenters. The summed E-state index contributed by atoms with van der Waals surface area (Å²) in [5.74, 6) is 0.712. The van der Waals surface area contributed by atoms with Crippen molar-refractivity contribution in [3.8, 4) is 0 Å². The van der Waals surface area contributed by atoms with Gasteiger partial charge in [0.15, 0.2) is 0 Å². The third-order valence-corrected chi connectivity index (χ3v) is 5.07. The fourth-order valence-corrected chi connectivity index (χ4v) is 3.78. The van der Waals surface area contributed by atoms with Gasteiger partial charge in [0.2, 0.25) is 11.8 Å².